The van der Waals surface area contributed by atoms with E-state index in [0.29, 0.717) is 30.9 Å². The second kappa shape index (κ2) is 6.78. The first-order valence-electron chi connectivity index (χ1n) is 9.63. The predicted octanol–water partition coefficient (Wildman–Crippen LogP) is 3.21. The molecule has 0 radical (unpaired) electrons. The van der Waals surface area contributed by atoms with Crippen LogP contribution in [0, 0.1) is 16.7 Å². The summed E-state index contributed by atoms with van der Waals surface area (Å²) in [4.78, 5) is 25.9. The summed E-state index contributed by atoms with van der Waals surface area (Å²) in [5.41, 5.74) is 3.71. The average Bonchev–Trinajstić information content (AvgIpc) is 3.32. The molecule has 3 heterocycles. The third-order valence-electron chi connectivity index (χ3n) is 5.49. The Hall–Kier alpha value is -3.51. The van der Waals surface area contributed by atoms with E-state index in [1.165, 1.54) is 0 Å². The van der Waals surface area contributed by atoms with Crippen LogP contribution in [0.15, 0.2) is 30.6 Å². The van der Waals surface area contributed by atoms with Crippen molar-refractivity contribution in [1.29, 1.82) is 5.26 Å². The monoisotopic (exact) mass is 417 g/mol. The van der Waals surface area contributed by atoms with E-state index in [9.17, 15) is 4.79 Å². The molecule has 8 nitrogen and oxygen atoms in total. The fourth-order valence-corrected chi connectivity index (χ4v) is 4.60. The molecule has 1 amide bonds. The molecule has 0 bridgehead atoms. The molecule has 1 saturated carbocycles. The van der Waals surface area contributed by atoms with Gasteiger partial charge in [-0.1, -0.05) is 24.3 Å². The zero-order valence-corrected chi connectivity index (χ0v) is 17.4. The highest BCUT2D eigenvalue weighted by Gasteiger charge is 2.50. The summed E-state index contributed by atoms with van der Waals surface area (Å²) in [5.74, 6) is 0.540. The van der Waals surface area contributed by atoms with E-state index in [2.05, 4.69) is 26.7 Å². The third-order valence-corrected chi connectivity index (χ3v) is 6.59. The maximum atomic E-state index is 12.1. The molecule has 150 valence electrons. The molecule has 1 fully saturated rings. The minimum Gasteiger partial charge on any atom is -0.371 e. The summed E-state index contributed by atoms with van der Waals surface area (Å²) in [7, 11) is 3.80. The van der Waals surface area contributed by atoms with E-state index in [-0.39, 0.29) is 5.91 Å². The number of carbonyl (C=O) groups is 1. The van der Waals surface area contributed by atoms with Crippen LogP contribution in [0.5, 0.6) is 0 Å². The number of imidazole rings is 1. The average molecular weight is 417 g/mol. The smallest absolute Gasteiger partial charge is 0.240 e. The van der Waals surface area contributed by atoms with Crippen molar-refractivity contribution in [1.82, 2.24) is 24.8 Å². The van der Waals surface area contributed by atoms with Gasteiger partial charge in [-0.2, -0.15) is 5.26 Å². The van der Waals surface area contributed by atoms with Crippen molar-refractivity contribution in [3.63, 3.8) is 0 Å². The number of hydrogen-bond acceptors (Lipinski definition) is 7. The Morgan fingerprint density at radius 2 is 2.07 bits per heavy atom. The predicted molar refractivity (Wildman–Crippen MR) is 116 cm³/mol. The van der Waals surface area contributed by atoms with Gasteiger partial charge in [0.25, 0.3) is 0 Å². The maximum absolute atomic E-state index is 12.1. The lowest BCUT2D eigenvalue weighted by atomic mass is 10.1. The molecule has 1 aromatic carbocycles. The van der Waals surface area contributed by atoms with Crippen LogP contribution < -0.4 is 10.6 Å². The Labute approximate surface area is 176 Å². The molecular weight excluding hydrogens is 398 g/mol. The molecule has 9 heteroatoms. The molecule has 0 aliphatic heterocycles. The fraction of sp³-hybridized carbons (Fsp3) is 0.286. The number of fused-ring (bicyclic) bond motifs is 3. The van der Waals surface area contributed by atoms with Crippen LogP contribution in [0.3, 0.4) is 0 Å². The second-order valence-corrected chi connectivity index (χ2v) is 8.51. The summed E-state index contributed by atoms with van der Waals surface area (Å²) in [6, 6.07) is 10.1. The topological polar surface area (TPSA) is 109 Å². The summed E-state index contributed by atoms with van der Waals surface area (Å²) >= 11 is 1.59. The number of benzene rings is 1. The molecular formula is C21H19N7OS. The molecule has 0 saturated heterocycles. The van der Waals surface area contributed by atoms with Crippen LogP contribution in [0.2, 0.25) is 0 Å². The number of aryl methyl sites for hydroxylation is 1. The van der Waals surface area contributed by atoms with Gasteiger partial charge in [0.1, 0.15) is 20.6 Å². The summed E-state index contributed by atoms with van der Waals surface area (Å²) in [6.45, 7) is 0.408. The fourth-order valence-electron chi connectivity index (χ4n) is 3.50. The standard InChI is InChI=1S/C21H19N7OS/c1-23-17-14-15(28(2)11-25-14)16-18(26-17)27-19(30-16)13-5-3-12(4-6-13)9-24-20(29)21(10-22)7-8-21/h3-6,11H,7-9H2,1-2H3,(H,23,26)(H,24,29). The number of nitrogens with zero attached hydrogens (tertiary/aromatic N) is 5. The Bertz CT molecular complexity index is 1330. The van der Waals surface area contributed by atoms with Gasteiger partial charge in [-0.25, -0.2) is 15.0 Å². The number of rotatable bonds is 5. The van der Waals surface area contributed by atoms with E-state index >= 15 is 0 Å². The van der Waals surface area contributed by atoms with Gasteiger partial charge in [0.2, 0.25) is 5.91 Å². The van der Waals surface area contributed by atoms with Gasteiger partial charge >= 0.3 is 0 Å². The molecule has 4 aromatic rings. The highest BCUT2D eigenvalue weighted by Crippen LogP contribution is 2.45. The maximum Gasteiger partial charge on any atom is 0.240 e. The molecule has 1 aliphatic rings. The van der Waals surface area contributed by atoms with Gasteiger partial charge in [0.15, 0.2) is 11.5 Å². The van der Waals surface area contributed by atoms with Crippen molar-refractivity contribution in [2.75, 3.05) is 12.4 Å². The first-order chi connectivity index (χ1) is 14.5. The van der Waals surface area contributed by atoms with E-state index in [4.69, 9.17) is 10.2 Å². The van der Waals surface area contributed by atoms with Crippen LogP contribution in [0.4, 0.5) is 5.82 Å². The van der Waals surface area contributed by atoms with Gasteiger partial charge in [0.05, 0.1) is 17.9 Å². The largest absolute Gasteiger partial charge is 0.371 e. The quantitative estimate of drug-likeness (QED) is 0.516. The number of thiazole rings is 1. The molecule has 30 heavy (non-hydrogen) atoms. The summed E-state index contributed by atoms with van der Waals surface area (Å²) in [6.07, 6.45) is 3.09. The first kappa shape index (κ1) is 18.5. The van der Waals surface area contributed by atoms with Crippen LogP contribution in [0.25, 0.3) is 32.0 Å². The van der Waals surface area contributed by atoms with Crippen molar-refractivity contribution >= 4 is 44.4 Å². The van der Waals surface area contributed by atoms with Crippen molar-refractivity contribution in [2.45, 2.75) is 19.4 Å². The molecule has 0 spiro atoms. The SMILES string of the molecule is CNc1nc2nc(-c3ccc(CNC(=O)C4(C#N)CC4)cc3)sc2c2c1ncn2C. The van der Waals surface area contributed by atoms with Crippen LogP contribution in [-0.4, -0.2) is 32.5 Å². The highest BCUT2D eigenvalue weighted by atomic mass is 32.1. The number of carbonyl (C=O) groups excluding carboxylic acids is 1. The van der Waals surface area contributed by atoms with Crippen molar-refractivity contribution in [2.24, 2.45) is 12.5 Å². The summed E-state index contributed by atoms with van der Waals surface area (Å²) in [5, 5.41) is 16.0. The Balaban J connectivity index is 1.42. The van der Waals surface area contributed by atoms with Gasteiger partial charge in [-0.3, -0.25) is 4.79 Å². The minimum absolute atomic E-state index is 0.174. The number of anilines is 1. The lowest BCUT2D eigenvalue weighted by Crippen LogP contribution is -2.30. The second-order valence-electron chi connectivity index (χ2n) is 7.51. The molecule has 0 atom stereocenters. The summed E-state index contributed by atoms with van der Waals surface area (Å²) < 4.78 is 2.99. The number of nitriles is 1. The Morgan fingerprint density at radius 3 is 2.73 bits per heavy atom. The number of nitrogens with one attached hydrogen (secondary N) is 2. The van der Waals surface area contributed by atoms with E-state index in [0.717, 1.165) is 31.9 Å². The van der Waals surface area contributed by atoms with E-state index in [1.54, 1.807) is 17.7 Å². The van der Waals surface area contributed by atoms with Gasteiger partial charge in [-0.05, 0) is 18.4 Å². The lowest BCUT2D eigenvalue weighted by molar-refractivity contribution is -0.124. The van der Waals surface area contributed by atoms with Gasteiger partial charge in [-0.15, -0.1) is 11.3 Å². The Morgan fingerprint density at radius 1 is 1.30 bits per heavy atom. The molecule has 2 N–H and O–H groups in total. The van der Waals surface area contributed by atoms with Crippen molar-refractivity contribution < 1.29 is 4.79 Å². The van der Waals surface area contributed by atoms with Gasteiger partial charge < -0.3 is 15.2 Å². The van der Waals surface area contributed by atoms with Crippen LogP contribution in [-0.2, 0) is 18.4 Å². The van der Waals surface area contributed by atoms with Crippen LogP contribution >= 0.6 is 11.3 Å². The van der Waals surface area contributed by atoms with Crippen molar-refractivity contribution in [3.05, 3.63) is 36.2 Å². The minimum atomic E-state index is -0.794. The number of hydrogen-bond donors (Lipinski definition) is 2. The molecule has 0 unspecified atom stereocenters. The normalized spacial score (nSPS) is 14.6. The first-order valence-corrected chi connectivity index (χ1v) is 10.4. The molecule has 3 aromatic heterocycles. The number of pyridine rings is 1. The van der Waals surface area contributed by atoms with Gasteiger partial charge in [0, 0.05) is 26.2 Å². The molecule has 1 aliphatic carbocycles. The third kappa shape index (κ3) is 2.88. The van der Waals surface area contributed by atoms with Crippen molar-refractivity contribution in [3.8, 4) is 16.6 Å². The number of aromatic nitrogens is 4. The number of amides is 1. The lowest BCUT2D eigenvalue weighted by Gasteiger charge is -2.08. The van der Waals surface area contributed by atoms with E-state index in [1.807, 2.05) is 42.9 Å². The highest BCUT2D eigenvalue weighted by molar-refractivity contribution is 7.22. The van der Waals surface area contributed by atoms with Crippen LogP contribution in [0.1, 0.15) is 18.4 Å². The zero-order valence-electron chi connectivity index (χ0n) is 16.6. The zero-order chi connectivity index (χ0) is 20.9. The van der Waals surface area contributed by atoms with E-state index < -0.39 is 5.41 Å². The molecule has 5 rings (SSSR count). The Kier molecular flexibility index (Phi) is 4.18.